The molecule has 1 amide bonds. The lowest BCUT2D eigenvalue weighted by Gasteiger charge is -2.09. The van der Waals surface area contributed by atoms with Crippen LogP contribution < -0.4 is 10.9 Å². The summed E-state index contributed by atoms with van der Waals surface area (Å²) in [6, 6.07) is 11.9. The molecule has 0 atom stereocenters. The molecule has 0 spiro atoms. The highest BCUT2D eigenvalue weighted by Gasteiger charge is 2.13. The van der Waals surface area contributed by atoms with Gasteiger partial charge >= 0.3 is 0 Å². The average molecular weight is 393 g/mol. The number of aromatic nitrogens is 2. The molecule has 1 heterocycles. The molecule has 0 unspecified atom stereocenters. The number of amides is 1. The number of non-ortho nitro benzene ring substituents is 1. The first-order valence-corrected chi connectivity index (χ1v) is 8.18. The SMILES string of the molecule is N#Cc1cc([N+](=O)[O-])ccc1NC(=O)Cn1cnc(-c2ccc(F)cc2)cc1=O. The molecule has 1 N–H and O–H groups in total. The molecule has 0 saturated carbocycles. The van der Waals surface area contributed by atoms with Gasteiger partial charge in [0, 0.05) is 23.8 Å². The Balaban J connectivity index is 1.76. The van der Waals surface area contributed by atoms with E-state index in [1.165, 1.54) is 42.7 Å². The van der Waals surface area contributed by atoms with Crippen molar-refractivity contribution in [3.05, 3.63) is 86.7 Å². The monoisotopic (exact) mass is 393 g/mol. The third-order valence-electron chi connectivity index (χ3n) is 3.94. The molecule has 3 aromatic rings. The smallest absolute Gasteiger partial charge is 0.270 e. The number of nitro groups is 1. The standard InChI is InChI=1S/C19H12FN5O4/c20-14-3-1-12(2-4-14)17-8-19(27)24(11-22-17)10-18(26)23-16-6-5-15(25(28)29)7-13(16)9-21/h1-8,11H,10H2,(H,23,26). The normalized spacial score (nSPS) is 10.2. The number of hydrogen-bond acceptors (Lipinski definition) is 6. The summed E-state index contributed by atoms with van der Waals surface area (Å²) in [4.78, 5) is 38.7. The molecular weight excluding hydrogens is 381 g/mol. The molecule has 0 radical (unpaired) electrons. The van der Waals surface area contributed by atoms with Crippen molar-refractivity contribution in [1.29, 1.82) is 5.26 Å². The molecule has 0 aliphatic carbocycles. The van der Waals surface area contributed by atoms with E-state index in [1.807, 2.05) is 0 Å². The van der Waals surface area contributed by atoms with Crippen LogP contribution in [0.2, 0.25) is 0 Å². The highest BCUT2D eigenvalue weighted by molar-refractivity contribution is 5.92. The van der Waals surface area contributed by atoms with Gasteiger partial charge in [-0.3, -0.25) is 24.3 Å². The number of nitrogens with zero attached hydrogens (tertiary/aromatic N) is 4. The second-order valence-electron chi connectivity index (χ2n) is 5.89. The minimum Gasteiger partial charge on any atom is -0.323 e. The topological polar surface area (TPSA) is 131 Å². The van der Waals surface area contributed by atoms with Crippen molar-refractivity contribution in [1.82, 2.24) is 9.55 Å². The molecule has 2 aromatic carbocycles. The van der Waals surface area contributed by atoms with Crippen LogP contribution in [0, 0.1) is 27.3 Å². The van der Waals surface area contributed by atoms with Crippen molar-refractivity contribution in [2.45, 2.75) is 6.54 Å². The van der Waals surface area contributed by atoms with E-state index in [2.05, 4.69) is 10.3 Å². The summed E-state index contributed by atoms with van der Waals surface area (Å²) in [5.74, 6) is -1.03. The van der Waals surface area contributed by atoms with Gasteiger partial charge in [-0.1, -0.05) is 0 Å². The lowest BCUT2D eigenvalue weighted by atomic mass is 10.1. The summed E-state index contributed by atoms with van der Waals surface area (Å²) in [7, 11) is 0. The molecule has 3 rings (SSSR count). The number of carbonyl (C=O) groups excluding carboxylic acids is 1. The first-order chi connectivity index (χ1) is 13.9. The van der Waals surface area contributed by atoms with Crippen molar-refractivity contribution < 1.29 is 14.1 Å². The number of hydrogen-bond donors (Lipinski definition) is 1. The molecule has 0 saturated heterocycles. The Kier molecular flexibility index (Phi) is 5.41. The largest absolute Gasteiger partial charge is 0.323 e. The van der Waals surface area contributed by atoms with E-state index >= 15 is 0 Å². The van der Waals surface area contributed by atoms with Crippen LogP contribution in [0.15, 0.2) is 59.7 Å². The first kappa shape index (κ1) is 19.4. The van der Waals surface area contributed by atoms with Crippen molar-refractivity contribution in [2.24, 2.45) is 0 Å². The van der Waals surface area contributed by atoms with Gasteiger partial charge < -0.3 is 5.32 Å². The van der Waals surface area contributed by atoms with Crippen molar-refractivity contribution >= 4 is 17.3 Å². The fraction of sp³-hybridized carbons (Fsp3) is 0.0526. The fourth-order valence-corrected chi connectivity index (χ4v) is 2.51. The Morgan fingerprint density at radius 1 is 1.24 bits per heavy atom. The predicted octanol–water partition coefficient (Wildman–Crippen LogP) is 2.47. The lowest BCUT2D eigenvalue weighted by molar-refractivity contribution is -0.384. The molecule has 0 aliphatic rings. The molecule has 0 fully saturated rings. The van der Waals surface area contributed by atoms with E-state index in [9.17, 15) is 24.1 Å². The quantitative estimate of drug-likeness (QED) is 0.523. The van der Waals surface area contributed by atoms with E-state index in [0.29, 0.717) is 11.3 Å². The Hall–Kier alpha value is -4.39. The zero-order valence-electron chi connectivity index (χ0n) is 14.7. The molecular formula is C19H12FN5O4. The summed E-state index contributed by atoms with van der Waals surface area (Å²) >= 11 is 0. The lowest BCUT2D eigenvalue weighted by Crippen LogP contribution is -2.27. The van der Waals surface area contributed by atoms with Crippen molar-refractivity contribution in [3.8, 4) is 17.3 Å². The van der Waals surface area contributed by atoms with E-state index < -0.39 is 22.2 Å². The molecule has 1 aromatic heterocycles. The molecule has 10 heteroatoms. The minimum absolute atomic E-state index is 0.0790. The average Bonchev–Trinajstić information content (AvgIpc) is 2.70. The fourth-order valence-electron chi connectivity index (χ4n) is 2.51. The number of benzene rings is 2. The zero-order valence-corrected chi connectivity index (χ0v) is 14.7. The third kappa shape index (κ3) is 4.48. The number of anilines is 1. The van der Waals surface area contributed by atoms with Gasteiger partial charge in [0.15, 0.2) is 0 Å². The van der Waals surface area contributed by atoms with Gasteiger partial charge in [-0.15, -0.1) is 0 Å². The Bertz CT molecular complexity index is 1200. The van der Waals surface area contributed by atoms with Gasteiger partial charge in [-0.2, -0.15) is 5.26 Å². The maximum absolute atomic E-state index is 13.0. The molecule has 9 nitrogen and oxygen atoms in total. The molecule has 0 bridgehead atoms. The Morgan fingerprint density at radius 3 is 2.59 bits per heavy atom. The number of nitrogens with one attached hydrogen (secondary N) is 1. The molecule has 29 heavy (non-hydrogen) atoms. The van der Waals surface area contributed by atoms with Crippen LogP contribution in [0.25, 0.3) is 11.3 Å². The van der Waals surface area contributed by atoms with Crippen LogP contribution in [0.1, 0.15) is 5.56 Å². The van der Waals surface area contributed by atoms with Gasteiger partial charge in [0.2, 0.25) is 5.91 Å². The van der Waals surface area contributed by atoms with Gasteiger partial charge in [0.1, 0.15) is 18.4 Å². The zero-order chi connectivity index (χ0) is 21.0. The van der Waals surface area contributed by atoms with Crippen LogP contribution in [0.3, 0.4) is 0 Å². The Labute approximate surface area is 162 Å². The number of halogens is 1. The van der Waals surface area contributed by atoms with Gasteiger partial charge in [0.05, 0.1) is 28.2 Å². The Morgan fingerprint density at radius 2 is 1.97 bits per heavy atom. The molecule has 0 aliphatic heterocycles. The maximum Gasteiger partial charge on any atom is 0.270 e. The van der Waals surface area contributed by atoms with E-state index in [0.717, 1.165) is 16.7 Å². The number of nitro benzene ring substituents is 1. The third-order valence-corrected chi connectivity index (χ3v) is 3.94. The summed E-state index contributed by atoms with van der Waals surface area (Å²) in [5.41, 5.74) is 0.102. The van der Waals surface area contributed by atoms with Crippen LogP contribution in [0.4, 0.5) is 15.8 Å². The number of carbonyl (C=O) groups is 1. The van der Waals surface area contributed by atoms with Gasteiger partial charge in [-0.25, -0.2) is 9.37 Å². The highest BCUT2D eigenvalue weighted by atomic mass is 19.1. The summed E-state index contributed by atoms with van der Waals surface area (Å²) < 4.78 is 14.1. The van der Waals surface area contributed by atoms with E-state index in [1.54, 1.807) is 6.07 Å². The van der Waals surface area contributed by atoms with Crippen molar-refractivity contribution in [3.63, 3.8) is 0 Å². The van der Waals surface area contributed by atoms with Crippen LogP contribution >= 0.6 is 0 Å². The van der Waals surface area contributed by atoms with Crippen LogP contribution in [0.5, 0.6) is 0 Å². The second kappa shape index (κ2) is 8.10. The van der Waals surface area contributed by atoms with Crippen LogP contribution in [-0.2, 0) is 11.3 Å². The first-order valence-electron chi connectivity index (χ1n) is 8.18. The van der Waals surface area contributed by atoms with E-state index in [-0.39, 0.29) is 23.5 Å². The van der Waals surface area contributed by atoms with Crippen molar-refractivity contribution in [2.75, 3.05) is 5.32 Å². The highest BCUT2D eigenvalue weighted by Crippen LogP contribution is 2.21. The van der Waals surface area contributed by atoms with Crippen LogP contribution in [-0.4, -0.2) is 20.4 Å². The van der Waals surface area contributed by atoms with E-state index in [4.69, 9.17) is 5.26 Å². The predicted molar refractivity (Wildman–Crippen MR) is 100 cm³/mol. The summed E-state index contributed by atoms with van der Waals surface area (Å²) in [5, 5.41) is 22.3. The summed E-state index contributed by atoms with van der Waals surface area (Å²) in [6.07, 6.45) is 1.18. The van der Waals surface area contributed by atoms with Gasteiger partial charge in [0.25, 0.3) is 11.2 Å². The number of rotatable bonds is 5. The maximum atomic E-state index is 13.0. The molecule has 144 valence electrons. The number of nitriles is 1. The summed E-state index contributed by atoms with van der Waals surface area (Å²) in [6.45, 7) is -0.378. The minimum atomic E-state index is -0.652. The second-order valence-corrected chi connectivity index (χ2v) is 5.89. The van der Waals surface area contributed by atoms with Gasteiger partial charge in [-0.05, 0) is 30.3 Å².